The molecule has 0 saturated carbocycles. The molecule has 1 aliphatic heterocycles. The van der Waals surface area contributed by atoms with Crippen molar-refractivity contribution in [3.05, 3.63) is 52.5 Å². The van der Waals surface area contributed by atoms with E-state index in [-0.39, 0.29) is 12.1 Å². The molecule has 1 fully saturated rings. The molecular formula is C23H24ClN5O2. The number of ether oxygens (including phenoxy) is 1. The Morgan fingerprint density at radius 1 is 1.19 bits per heavy atom. The average Bonchev–Trinajstić information content (AvgIpc) is 2.79. The van der Waals surface area contributed by atoms with Gasteiger partial charge >= 0.3 is 0 Å². The number of aromatic nitrogens is 2. The first-order chi connectivity index (χ1) is 15.0. The van der Waals surface area contributed by atoms with Crippen molar-refractivity contribution in [2.45, 2.75) is 31.9 Å². The fourth-order valence-electron chi connectivity index (χ4n) is 3.87. The summed E-state index contributed by atoms with van der Waals surface area (Å²) < 4.78 is 5.23. The monoisotopic (exact) mass is 437 g/mol. The second-order valence-electron chi connectivity index (χ2n) is 7.72. The van der Waals surface area contributed by atoms with Crippen LogP contribution in [-0.2, 0) is 0 Å². The Balaban J connectivity index is 1.70. The summed E-state index contributed by atoms with van der Waals surface area (Å²) in [5.74, 6) is 2.00. The van der Waals surface area contributed by atoms with Gasteiger partial charge in [-0.05, 0) is 55.7 Å². The first-order valence-corrected chi connectivity index (χ1v) is 10.6. The number of fused-ring (bicyclic) bond motifs is 1. The molecule has 3 aromatic rings. The van der Waals surface area contributed by atoms with E-state index in [4.69, 9.17) is 16.3 Å². The van der Waals surface area contributed by atoms with Crippen LogP contribution in [0.3, 0.4) is 0 Å². The molecule has 1 aromatic heterocycles. The number of anilines is 2. The molecule has 1 unspecified atom stereocenters. The Hall–Kier alpha value is -3.08. The van der Waals surface area contributed by atoms with Gasteiger partial charge in [0.15, 0.2) is 11.6 Å². The van der Waals surface area contributed by atoms with Gasteiger partial charge in [-0.15, -0.1) is 10.2 Å². The van der Waals surface area contributed by atoms with Crippen molar-refractivity contribution in [3.63, 3.8) is 0 Å². The van der Waals surface area contributed by atoms with Gasteiger partial charge in [-0.3, -0.25) is 0 Å². The third-order valence-corrected chi connectivity index (χ3v) is 5.98. The van der Waals surface area contributed by atoms with Gasteiger partial charge < -0.3 is 20.1 Å². The Morgan fingerprint density at radius 3 is 2.65 bits per heavy atom. The zero-order valence-electron chi connectivity index (χ0n) is 17.5. The van der Waals surface area contributed by atoms with Crippen LogP contribution in [0.4, 0.5) is 11.6 Å². The Morgan fingerprint density at radius 2 is 1.97 bits per heavy atom. The smallest absolute Gasteiger partial charge is 0.159 e. The molecule has 0 aliphatic carbocycles. The lowest BCUT2D eigenvalue weighted by Gasteiger charge is -2.31. The Bertz CT molecular complexity index is 1140. The number of nitrogens with one attached hydrogen (secondary N) is 1. The van der Waals surface area contributed by atoms with E-state index in [1.165, 1.54) is 0 Å². The molecule has 160 valence electrons. The highest BCUT2D eigenvalue weighted by molar-refractivity contribution is 6.32. The van der Waals surface area contributed by atoms with Crippen molar-refractivity contribution >= 4 is 34.0 Å². The van der Waals surface area contributed by atoms with Gasteiger partial charge in [0.1, 0.15) is 5.75 Å². The number of halogens is 1. The second kappa shape index (κ2) is 8.96. The summed E-state index contributed by atoms with van der Waals surface area (Å²) in [7, 11) is 1.58. The SMILES string of the molecule is COc1ccc(C(C)Nc2nnc(N3CCC(O)CC3)c3ccc(C#N)cc23)cc1Cl. The van der Waals surface area contributed by atoms with Crippen LogP contribution in [0.2, 0.25) is 5.02 Å². The van der Waals surface area contributed by atoms with Gasteiger partial charge in [0.2, 0.25) is 0 Å². The van der Waals surface area contributed by atoms with Crippen LogP contribution in [0, 0.1) is 11.3 Å². The topological polar surface area (TPSA) is 94.3 Å². The molecule has 0 spiro atoms. The molecule has 1 aliphatic rings. The fraction of sp³-hybridized carbons (Fsp3) is 0.348. The van der Waals surface area contributed by atoms with E-state index in [9.17, 15) is 10.4 Å². The molecular weight excluding hydrogens is 414 g/mol. The van der Waals surface area contributed by atoms with Crippen LogP contribution in [-0.4, -0.2) is 41.6 Å². The largest absolute Gasteiger partial charge is 0.495 e. The fourth-order valence-corrected chi connectivity index (χ4v) is 4.13. The molecule has 0 radical (unpaired) electrons. The standard InChI is InChI=1S/C23H24ClN5O2/c1-14(16-4-6-21(31-2)20(24)12-16)26-22-19-11-15(13-25)3-5-18(19)23(28-27-22)29-9-7-17(30)8-10-29/h3-6,11-12,14,17,30H,7-10H2,1-2H3,(H,26,27). The first-order valence-electron chi connectivity index (χ1n) is 10.2. The first kappa shape index (κ1) is 21.2. The van der Waals surface area contributed by atoms with Crippen molar-refractivity contribution in [3.8, 4) is 11.8 Å². The Kier molecular flexibility index (Phi) is 6.12. The van der Waals surface area contributed by atoms with Gasteiger partial charge in [0, 0.05) is 23.9 Å². The molecule has 2 heterocycles. The highest BCUT2D eigenvalue weighted by Crippen LogP contribution is 2.33. The lowest BCUT2D eigenvalue weighted by atomic mass is 10.0. The van der Waals surface area contributed by atoms with E-state index in [1.807, 2.05) is 37.3 Å². The third-order valence-electron chi connectivity index (χ3n) is 5.68. The molecule has 2 aromatic carbocycles. The van der Waals surface area contributed by atoms with E-state index in [1.54, 1.807) is 13.2 Å². The maximum absolute atomic E-state index is 9.83. The minimum Gasteiger partial charge on any atom is -0.495 e. The lowest BCUT2D eigenvalue weighted by molar-refractivity contribution is 0.145. The molecule has 7 nitrogen and oxygen atoms in total. The third kappa shape index (κ3) is 4.36. The van der Waals surface area contributed by atoms with Crippen molar-refractivity contribution in [2.75, 3.05) is 30.4 Å². The summed E-state index contributed by atoms with van der Waals surface area (Å²) in [5.41, 5.74) is 1.54. The zero-order chi connectivity index (χ0) is 22.0. The molecule has 8 heteroatoms. The average molecular weight is 438 g/mol. The van der Waals surface area contributed by atoms with Crippen LogP contribution in [0.25, 0.3) is 10.8 Å². The van der Waals surface area contributed by atoms with E-state index in [0.29, 0.717) is 35.0 Å². The number of hydrogen-bond donors (Lipinski definition) is 2. The van der Waals surface area contributed by atoms with Gasteiger partial charge in [-0.1, -0.05) is 17.7 Å². The van der Waals surface area contributed by atoms with E-state index < -0.39 is 0 Å². The van der Waals surface area contributed by atoms with Crippen LogP contribution in [0.5, 0.6) is 5.75 Å². The van der Waals surface area contributed by atoms with Crippen molar-refractivity contribution in [1.82, 2.24) is 10.2 Å². The van der Waals surface area contributed by atoms with Crippen LogP contribution >= 0.6 is 11.6 Å². The number of aliphatic hydroxyl groups excluding tert-OH is 1. The van der Waals surface area contributed by atoms with Crippen molar-refractivity contribution in [2.24, 2.45) is 0 Å². The zero-order valence-corrected chi connectivity index (χ0v) is 18.2. The minimum atomic E-state index is -0.265. The number of piperidine rings is 1. The lowest BCUT2D eigenvalue weighted by Crippen LogP contribution is -2.36. The van der Waals surface area contributed by atoms with Gasteiger partial charge in [0.25, 0.3) is 0 Å². The molecule has 0 amide bonds. The van der Waals surface area contributed by atoms with E-state index in [0.717, 1.165) is 35.2 Å². The summed E-state index contributed by atoms with van der Waals surface area (Å²) in [6, 6.07) is 13.3. The summed E-state index contributed by atoms with van der Waals surface area (Å²) >= 11 is 6.29. The van der Waals surface area contributed by atoms with E-state index >= 15 is 0 Å². The van der Waals surface area contributed by atoms with Gasteiger partial charge in [-0.2, -0.15) is 5.26 Å². The van der Waals surface area contributed by atoms with Crippen molar-refractivity contribution in [1.29, 1.82) is 5.26 Å². The molecule has 1 saturated heterocycles. The molecule has 4 rings (SSSR count). The summed E-state index contributed by atoms with van der Waals surface area (Å²) in [5, 5.41) is 33.9. The second-order valence-corrected chi connectivity index (χ2v) is 8.13. The molecule has 31 heavy (non-hydrogen) atoms. The van der Waals surface area contributed by atoms with Crippen molar-refractivity contribution < 1.29 is 9.84 Å². The van der Waals surface area contributed by atoms with Gasteiger partial charge in [0.05, 0.1) is 35.9 Å². The maximum atomic E-state index is 9.83. The van der Waals surface area contributed by atoms with E-state index in [2.05, 4.69) is 26.5 Å². The summed E-state index contributed by atoms with van der Waals surface area (Å²) in [4.78, 5) is 2.14. The molecule has 0 bridgehead atoms. The van der Waals surface area contributed by atoms with Crippen LogP contribution in [0.1, 0.15) is 36.9 Å². The number of nitrogens with zero attached hydrogens (tertiary/aromatic N) is 4. The highest BCUT2D eigenvalue weighted by Gasteiger charge is 2.22. The summed E-state index contributed by atoms with van der Waals surface area (Å²) in [6.45, 7) is 3.46. The number of methoxy groups -OCH3 is 1. The number of benzene rings is 2. The predicted octanol–water partition coefficient (Wildman–Crippen LogP) is 4.30. The maximum Gasteiger partial charge on any atom is 0.159 e. The number of rotatable bonds is 5. The Labute approximate surface area is 186 Å². The minimum absolute atomic E-state index is 0.0948. The highest BCUT2D eigenvalue weighted by atomic mass is 35.5. The normalized spacial score (nSPS) is 15.5. The molecule has 1 atom stereocenters. The number of hydrogen-bond acceptors (Lipinski definition) is 7. The van der Waals surface area contributed by atoms with Crippen LogP contribution < -0.4 is 15.0 Å². The number of aliphatic hydroxyl groups is 1. The summed E-state index contributed by atoms with van der Waals surface area (Å²) in [6.07, 6.45) is 1.14. The predicted molar refractivity (Wildman–Crippen MR) is 122 cm³/mol. The quantitative estimate of drug-likeness (QED) is 0.614. The number of nitriles is 1. The molecule has 2 N–H and O–H groups in total. The van der Waals surface area contributed by atoms with Gasteiger partial charge in [-0.25, -0.2) is 0 Å². The van der Waals surface area contributed by atoms with Crippen LogP contribution in [0.15, 0.2) is 36.4 Å².